The summed E-state index contributed by atoms with van der Waals surface area (Å²) < 4.78 is 12.1. The summed E-state index contributed by atoms with van der Waals surface area (Å²) in [5.41, 5.74) is 1.81. The van der Waals surface area contributed by atoms with Crippen LogP contribution in [0.25, 0.3) is 5.52 Å². The standard InChI is InChI=1S/C10H11ClN2O2/c1-14-6-7-5-12-13-4-3-8(11)10(15-2)9(7)13/h3-5H,6H2,1-2H3. The van der Waals surface area contributed by atoms with Crippen LogP contribution in [0.5, 0.6) is 5.75 Å². The summed E-state index contributed by atoms with van der Waals surface area (Å²) >= 11 is 6.03. The summed E-state index contributed by atoms with van der Waals surface area (Å²) in [7, 11) is 3.23. The number of ether oxygens (including phenoxy) is 2. The topological polar surface area (TPSA) is 35.8 Å². The average Bonchev–Trinajstić information content (AvgIpc) is 2.63. The van der Waals surface area contributed by atoms with E-state index < -0.39 is 0 Å². The molecule has 0 spiro atoms. The van der Waals surface area contributed by atoms with Crippen molar-refractivity contribution in [3.63, 3.8) is 0 Å². The van der Waals surface area contributed by atoms with Crippen LogP contribution in [0.1, 0.15) is 5.56 Å². The normalized spacial score (nSPS) is 10.9. The van der Waals surface area contributed by atoms with Gasteiger partial charge in [-0.2, -0.15) is 5.10 Å². The number of hydrogen-bond donors (Lipinski definition) is 0. The Morgan fingerprint density at radius 3 is 2.93 bits per heavy atom. The van der Waals surface area contributed by atoms with E-state index in [1.54, 1.807) is 37.2 Å². The lowest BCUT2D eigenvalue weighted by Crippen LogP contribution is -1.94. The number of methoxy groups -OCH3 is 2. The molecule has 0 aromatic carbocycles. The highest BCUT2D eigenvalue weighted by atomic mass is 35.5. The molecule has 0 bridgehead atoms. The molecule has 2 aromatic rings. The molecule has 2 rings (SSSR count). The average molecular weight is 227 g/mol. The van der Waals surface area contributed by atoms with E-state index in [4.69, 9.17) is 21.1 Å². The Bertz CT molecular complexity index is 481. The van der Waals surface area contributed by atoms with E-state index in [0.29, 0.717) is 17.4 Å². The van der Waals surface area contributed by atoms with Gasteiger partial charge < -0.3 is 9.47 Å². The van der Waals surface area contributed by atoms with E-state index in [2.05, 4.69) is 5.10 Å². The van der Waals surface area contributed by atoms with Crippen LogP contribution in [0.2, 0.25) is 5.02 Å². The van der Waals surface area contributed by atoms with Gasteiger partial charge in [0.25, 0.3) is 0 Å². The number of halogens is 1. The predicted molar refractivity (Wildman–Crippen MR) is 57.5 cm³/mol. The van der Waals surface area contributed by atoms with Crippen LogP contribution in [0.15, 0.2) is 18.5 Å². The number of pyridine rings is 1. The molecular weight excluding hydrogens is 216 g/mol. The zero-order chi connectivity index (χ0) is 10.8. The molecule has 2 heterocycles. The van der Waals surface area contributed by atoms with Crippen molar-refractivity contribution >= 4 is 17.1 Å². The third-order valence-corrected chi connectivity index (χ3v) is 2.47. The largest absolute Gasteiger partial charge is 0.493 e. The fourth-order valence-electron chi connectivity index (χ4n) is 1.54. The zero-order valence-electron chi connectivity index (χ0n) is 8.53. The molecule has 0 amide bonds. The number of aromatic nitrogens is 2. The van der Waals surface area contributed by atoms with Gasteiger partial charge in [-0.3, -0.25) is 0 Å². The van der Waals surface area contributed by atoms with Crippen molar-refractivity contribution in [1.82, 2.24) is 9.61 Å². The minimum absolute atomic E-state index is 0.486. The highest BCUT2D eigenvalue weighted by molar-refractivity contribution is 6.32. The number of hydrogen-bond acceptors (Lipinski definition) is 3. The third-order valence-electron chi connectivity index (χ3n) is 2.17. The first-order valence-corrected chi connectivity index (χ1v) is 4.83. The quantitative estimate of drug-likeness (QED) is 0.805. The molecule has 5 heteroatoms. The minimum Gasteiger partial charge on any atom is -0.493 e. The highest BCUT2D eigenvalue weighted by Gasteiger charge is 2.12. The lowest BCUT2D eigenvalue weighted by atomic mass is 10.2. The van der Waals surface area contributed by atoms with E-state index in [-0.39, 0.29) is 0 Å². The molecular formula is C10H11ClN2O2. The molecule has 0 unspecified atom stereocenters. The van der Waals surface area contributed by atoms with Crippen LogP contribution in [0.3, 0.4) is 0 Å². The minimum atomic E-state index is 0.486. The maximum atomic E-state index is 6.03. The van der Waals surface area contributed by atoms with E-state index in [0.717, 1.165) is 11.1 Å². The molecule has 0 saturated carbocycles. The number of nitrogens with zero attached hydrogens (tertiary/aromatic N) is 2. The van der Waals surface area contributed by atoms with Crippen molar-refractivity contribution in [2.75, 3.05) is 14.2 Å². The molecule has 15 heavy (non-hydrogen) atoms. The Morgan fingerprint density at radius 1 is 1.47 bits per heavy atom. The van der Waals surface area contributed by atoms with Gasteiger partial charge in [0, 0.05) is 18.9 Å². The van der Waals surface area contributed by atoms with Crippen LogP contribution in [-0.2, 0) is 11.3 Å². The Kier molecular flexibility index (Phi) is 2.79. The second-order valence-corrected chi connectivity index (χ2v) is 3.50. The predicted octanol–water partition coefficient (Wildman–Crippen LogP) is 2.14. The Morgan fingerprint density at radius 2 is 2.27 bits per heavy atom. The third kappa shape index (κ3) is 1.66. The summed E-state index contributed by atoms with van der Waals surface area (Å²) in [4.78, 5) is 0. The van der Waals surface area contributed by atoms with E-state index >= 15 is 0 Å². The molecule has 4 nitrogen and oxygen atoms in total. The molecule has 0 aliphatic heterocycles. The van der Waals surface area contributed by atoms with Gasteiger partial charge in [-0.15, -0.1) is 0 Å². The smallest absolute Gasteiger partial charge is 0.163 e. The van der Waals surface area contributed by atoms with Crippen molar-refractivity contribution in [2.45, 2.75) is 6.61 Å². The molecule has 0 atom stereocenters. The summed E-state index contributed by atoms with van der Waals surface area (Å²) in [6, 6.07) is 1.75. The first-order valence-electron chi connectivity index (χ1n) is 4.45. The lowest BCUT2D eigenvalue weighted by molar-refractivity contribution is 0.186. The van der Waals surface area contributed by atoms with E-state index in [1.165, 1.54) is 0 Å². The van der Waals surface area contributed by atoms with Crippen LogP contribution in [0, 0.1) is 0 Å². The Balaban J connectivity index is 2.69. The van der Waals surface area contributed by atoms with Crippen molar-refractivity contribution < 1.29 is 9.47 Å². The first-order chi connectivity index (χ1) is 7.27. The highest BCUT2D eigenvalue weighted by Crippen LogP contribution is 2.31. The van der Waals surface area contributed by atoms with Crippen molar-refractivity contribution in [3.05, 3.63) is 29.0 Å². The van der Waals surface area contributed by atoms with Crippen molar-refractivity contribution in [3.8, 4) is 5.75 Å². The van der Waals surface area contributed by atoms with Gasteiger partial charge in [0.2, 0.25) is 0 Å². The molecule has 0 fully saturated rings. The Hall–Kier alpha value is -1.26. The fraction of sp³-hybridized carbons (Fsp3) is 0.300. The van der Waals surface area contributed by atoms with Crippen molar-refractivity contribution in [2.24, 2.45) is 0 Å². The van der Waals surface area contributed by atoms with Crippen LogP contribution in [-0.4, -0.2) is 23.8 Å². The van der Waals surface area contributed by atoms with Gasteiger partial charge >= 0.3 is 0 Å². The maximum absolute atomic E-state index is 6.03. The molecule has 0 aliphatic rings. The van der Waals surface area contributed by atoms with Gasteiger partial charge in [-0.25, -0.2) is 4.52 Å². The number of rotatable bonds is 3. The monoisotopic (exact) mass is 226 g/mol. The maximum Gasteiger partial charge on any atom is 0.163 e. The van der Waals surface area contributed by atoms with Gasteiger partial charge in [0.1, 0.15) is 5.52 Å². The molecule has 0 N–H and O–H groups in total. The van der Waals surface area contributed by atoms with E-state index in [1.807, 2.05) is 0 Å². The second-order valence-electron chi connectivity index (χ2n) is 3.09. The summed E-state index contributed by atoms with van der Waals surface area (Å²) in [5, 5.41) is 4.76. The fourth-order valence-corrected chi connectivity index (χ4v) is 1.76. The molecule has 0 aliphatic carbocycles. The zero-order valence-corrected chi connectivity index (χ0v) is 9.28. The first kappa shape index (κ1) is 10.3. The van der Waals surface area contributed by atoms with Gasteiger partial charge in [0.15, 0.2) is 5.75 Å². The SMILES string of the molecule is COCc1cnn2ccc(Cl)c(OC)c12. The van der Waals surface area contributed by atoms with Crippen LogP contribution in [0.4, 0.5) is 0 Å². The van der Waals surface area contributed by atoms with E-state index in [9.17, 15) is 0 Å². The molecule has 80 valence electrons. The molecule has 0 radical (unpaired) electrons. The van der Waals surface area contributed by atoms with Crippen LogP contribution < -0.4 is 4.74 Å². The van der Waals surface area contributed by atoms with Gasteiger partial charge in [-0.05, 0) is 6.07 Å². The Labute approximate surface area is 92.4 Å². The summed E-state index contributed by atoms with van der Waals surface area (Å²) in [5.74, 6) is 0.628. The molecule has 0 saturated heterocycles. The van der Waals surface area contributed by atoms with Crippen LogP contribution >= 0.6 is 11.6 Å². The lowest BCUT2D eigenvalue weighted by Gasteiger charge is -2.06. The van der Waals surface area contributed by atoms with Crippen molar-refractivity contribution in [1.29, 1.82) is 0 Å². The summed E-state index contributed by atoms with van der Waals surface area (Å²) in [6.07, 6.45) is 3.54. The van der Waals surface area contributed by atoms with Gasteiger partial charge in [0.05, 0.1) is 24.9 Å². The summed E-state index contributed by atoms with van der Waals surface area (Å²) in [6.45, 7) is 0.486. The molecule has 2 aromatic heterocycles. The number of fused-ring (bicyclic) bond motifs is 1. The van der Waals surface area contributed by atoms with Gasteiger partial charge in [-0.1, -0.05) is 11.6 Å². The second kappa shape index (κ2) is 4.08.